The van der Waals surface area contributed by atoms with Crippen molar-refractivity contribution in [2.24, 2.45) is 5.92 Å². The highest BCUT2D eigenvalue weighted by Gasteiger charge is 2.25. The van der Waals surface area contributed by atoms with E-state index in [0.29, 0.717) is 26.1 Å². The average molecular weight is 421 g/mol. The molecule has 4 amide bonds. The predicted octanol–water partition coefficient (Wildman–Crippen LogP) is 3.65. The minimum absolute atomic E-state index is 0.0815. The van der Waals surface area contributed by atoms with E-state index in [1.54, 1.807) is 4.90 Å². The molecule has 1 heterocycles. The molecule has 0 bridgehead atoms. The van der Waals surface area contributed by atoms with Crippen LogP contribution in [0.2, 0.25) is 0 Å². The molecule has 0 radical (unpaired) electrons. The predicted molar refractivity (Wildman–Crippen MR) is 120 cm³/mol. The molecule has 2 aromatic rings. The summed E-state index contributed by atoms with van der Waals surface area (Å²) >= 11 is 0. The second kappa shape index (κ2) is 9.20. The zero-order chi connectivity index (χ0) is 21.8. The van der Waals surface area contributed by atoms with Crippen molar-refractivity contribution in [2.75, 3.05) is 17.2 Å². The molecule has 1 saturated carbocycles. The van der Waals surface area contributed by atoms with Gasteiger partial charge in [0.15, 0.2) is 0 Å². The van der Waals surface area contributed by atoms with Crippen LogP contribution in [-0.2, 0) is 29.1 Å². The third kappa shape index (κ3) is 5.05. The SMILES string of the molecule is CC(=O)Nc1cccc2c1CCN(C(=O)NCc1cccc(NC(=O)C3CCC3)c1)C2. The molecule has 7 nitrogen and oxygen atoms in total. The molecule has 0 unspecified atom stereocenters. The Hall–Kier alpha value is -3.35. The summed E-state index contributed by atoms with van der Waals surface area (Å²) in [6, 6.07) is 13.3. The van der Waals surface area contributed by atoms with E-state index in [0.717, 1.165) is 47.3 Å². The monoisotopic (exact) mass is 420 g/mol. The van der Waals surface area contributed by atoms with Crippen LogP contribution in [0.3, 0.4) is 0 Å². The fourth-order valence-corrected chi connectivity index (χ4v) is 4.05. The van der Waals surface area contributed by atoms with Crippen LogP contribution in [-0.4, -0.2) is 29.3 Å². The van der Waals surface area contributed by atoms with E-state index < -0.39 is 0 Å². The molecule has 0 atom stereocenters. The van der Waals surface area contributed by atoms with Gasteiger partial charge in [0.2, 0.25) is 11.8 Å². The first-order valence-electron chi connectivity index (χ1n) is 10.8. The molecule has 31 heavy (non-hydrogen) atoms. The molecule has 4 rings (SSSR count). The Labute approximate surface area is 182 Å². The summed E-state index contributed by atoms with van der Waals surface area (Å²) in [6.45, 7) is 2.98. The molecule has 7 heteroatoms. The molecule has 1 fully saturated rings. The van der Waals surface area contributed by atoms with Crippen molar-refractivity contribution in [3.05, 3.63) is 59.2 Å². The van der Waals surface area contributed by atoms with Gasteiger partial charge in [0.05, 0.1) is 0 Å². The van der Waals surface area contributed by atoms with Crippen LogP contribution >= 0.6 is 0 Å². The lowest BCUT2D eigenvalue weighted by atomic mass is 9.85. The molecule has 162 valence electrons. The highest BCUT2D eigenvalue weighted by atomic mass is 16.2. The zero-order valence-corrected chi connectivity index (χ0v) is 17.7. The van der Waals surface area contributed by atoms with Crippen molar-refractivity contribution < 1.29 is 14.4 Å². The van der Waals surface area contributed by atoms with E-state index >= 15 is 0 Å². The van der Waals surface area contributed by atoms with E-state index in [1.165, 1.54) is 6.92 Å². The van der Waals surface area contributed by atoms with Gasteiger partial charge >= 0.3 is 6.03 Å². The van der Waals surface area contributed by atoms with Crippen LogP contribution in [0.1, 0.15) is 42.9 Å². The lowest BCUT2D eigenvalue weighted by molar-refractivity contribution is -0.122. The van der Waals surface area contributed by atoms with Gasteiger partial charge in [-0.05, 0) is 54.2 Å². The van der Waals surface area contributed by atoms with Crippen LogP contribution in [0.4, 0.5) is 16.2 Å². The topological polar surface area (TPSA) is 90.5 Å². The van der Waals surface area contributed by atoms with Crippen LogP contribution in [0, 0.1) is 5.92 Å². The number of hydrogen-bond acceptors (Lipinski definition) is 3. The highest BCUT2D eigenvalue weighted by molar-refractivity contribution is 5.93. The molecule has 3 N–H and O–H groups in total. The molecule has 2 aromatic carbocycles. The summed E-state index contributed by atoms with van der Waals surface area (Å²) in [5.74, 6) is 0.120. The van der Waals surface area contributed by atoms with E-state index in [9.17, 15) is 14.4 Å². The fraction of sp³-hybridized carbons (Fsp3) is 0.375. The number of fused-ring (bicyclic) bond motifs is 1. The lowest BCUT2D eigenvalue weighted by Crippen LogP contribution is -2.42. The normalized spacial score (nSPS) is 15.5. The molecule has 2 aliphatic rings. The first kappa shape index (κ1) is 20.9. The minimum atomic E-state index is -0.125. The Kier molecular flexibility index (Phi) is 6.21. The Bertz CT molecular complexity index is 1000. The summed E-state index contributed by atoms with van der Waals surface area (Å²) in [5, 5.41) is 8.82. The number of carbonyl (C=O) groups is 3. The number of hydrogen-bond donors (Lipinski definition) is 3. The molecular weight excluding hydrogens is 392 g/mol. The second-order valence-electron chi connectivity index (χ2n) is 8.27. The van der Waals surface area contributed by atoms with Crippen LogP contribution < -0.4 is 16.0 Å². The van der Waals surface area contributed by atoms with Crippen LogP contribution in [0.25, 0.3) is 0 Å². The standard InChI is InChI=1S/C24H28N4O3/c1-16(29)26-22-10-4-8-19-15-28(12-11-21(19)22)24(31)25-14-17-5-2-9-20(13-17)27-23(30)18-6-3-7-18/h2,4-5,8-10,13,18H,3,6-7,11-12,14-15H2,1H3,(H,25,31)(H,26,29)(H,27,30). The van der Waals surface area contributed by atoms with Crippen molar-refractivity contribution in [3.63, 3.8) is 0 Å². The van der Waals surface area contributed by atoms with Gasteiger partial charge in [-0.2, -0.15) is 0 Å². The number of amides is 4. The molecule has 0 aromatic heterocycles. The number of benzene rings is 2. The maximum atomic E-state index is 12.7. The van der Waals surface area contributed by atoms with E-state index in [1.807, 2.05) is 42.5 Å². The van der Waals surface area contributed by atoms with Crippen molar-refractivity contribution in [2.45, 2.75) is 45.7 Å². The number of anilines is 2. The molecular formula is C24H28N4O3. The fourth-order valence-electron chi connectivity index (χ4n) is 4.05. The Morgan fingerprint density at radius 2 is 1.87 bits per heavy atom. The summed E-state index contributed by atoms with van der Waals surface area (Å²) in [4.78, 5) is 38.1. The summed E-state index contributed by atoms with van der Waals surface area (Å²) in [7, 11) is 0. The molecule has 0 spiro atoms. The lowest BCUT2D eigenvalue weighted by Gasteiger charge is -2.30. The smallest absolute Gasteiger partial charge is 0.317 e. The Morgan fingerprint density at radius 3 is 2.61 bits per heavy atom. The Morgan fingerprint density at radius 1 is 1.06 bits per heavy atom. The van der Waals surface area contributed by atoms with Gasteiger partial charge in [0.1, 0.15) is 0 Å². The van der Waals surface area contributed by atoms with E-state index in [2.05, 4.69) is 16.0 Å². The third-order valence-electron chi connectivity index (χ3n) is 5.98. The second-order valence-corrected chi connectivity index (χ2v) is 8.27. The van der Waals surface area contributed by atoms with Crippen LogP contribution in [0.5, 0.6) is 0 Å². The van der Waals surface area contributed by atoms with Crippen molar-refractivity contribution >= 4 is 29.2 Å². The quantitative estimate of drug-likeness (QED) is 0.690. The van der Waals surface area contributed by atoms with Crippen molar-refractivity contribution in [1.82, 2.24) is 10.2 Å². The average Bonchev–Trinajstić information content (AvgIpc) is 2.70. The first-order valence-corrected chi connectivity index (χ1v) is 10.8. The van der Waals surface area contributed by atoms with E-state index in [4.69, 9.17) is 0 Å². The number of nitrogens with zero attached hydrogens (tertiary/aromatic N) is 1. The minimum Gasteiger partial charge on any atom is -0.334 e. The maximum absolute atomic E-state index is 12.7. The largest absolute Gasteiger partial charge is 0.334 e. The maximum Gasteiger partial charge on any atom is 0.317 e. The van der Waals surface area contributed by atoms with Gasteiger partial charge in [-0.1, -0.05) is 30.7 Å². The highest BCUT2D eigenvalue weighted by Crippen LogP contribution is 2.28. The summed E-state index contributed by atoms with van der Waals surface area (Å²) in [6.07, 6.45) is 3.75. The number of urea groups is 1. The van der Waals surface area contributed by atoms with Gasteiger partial charge in [-0.3, -0.25) is 9.59 Å². The van der Waals surface area contributed by atoms with Crippen LogP contribution in [0.15, 0.2) is 42.5 Å². The van der Waals surface area contributed by atoms with Crippen molar-refractivity contribution in [3.8, 4) is 0 Å². The van der Waals surface area contributed by atoms with Gasteiger partial charge in [0.25, 0.3) is 0 Å². The molecule has 1 aliphatic carbocycles. The summed E-state index contributed by atoms with van der Waals surface area (Å²) < 4.78 is 0. The molecule has 0 saturated heterocycles. The van der Waals surface area contributed by atoms with Gasteiger partial charge in [0, 0.05) is 43.9 Å². The zero-order valence-electron chi connectivity index (χ0n) is 17.7. The Balaban J connectivity index is 1.33. The first-order chi connectivity index (χ1) is 15.0. The van der Waals surface area contributed by atoms with E-state index in [-0.39, 0.29) is 23.8 Å². The number of carbonyl (C=O) groups excluding carboxylic acids is 3. The van der Waals surface area contributed by atoms with Gasteiger partial charge < -0.3 is 20.9 Å². The summed E-state index contributed by atoms with van der Waals surface area (Å²) in [5.41, 5.74) is 4.67. The number of rotatable bonds is 5. The molecule has 1 aliphatic heterocycles. The van der Waals surface area contributed by atoms with Crippen molar-refractivity contribution in [1.29, 1.82) is 0 Å². The van der Waals surface area contributed by atoms with Gasteiger partial charge in [-0.25, -0.2) is 4.79 Å². The van der Waals surface area contributed by atoms with Gasteiger partial charge in [-0.15, -0.1) is 0 Å². The number of nitrogens with one attached hydrogen (secondary N) is 3. The third-order valence-corrected chi connectivity index (χ3v) is 5.98.